The van der Waals surface area contributed by atoms with Crippen molar-refractivity contribution in [2.75, 3.05) is 6.54 Å². The van der Waals surface area contributed by atoms with Gasteiger partial charge in [-0.1, -0.05) is 49.9 Å². The zero-order valence-electron chi connectivity index (χ0n) is 18.4. The standard InChI is InChI=1S/C26H30N4O2/c31-25(27-20-13-6-1-2-7-14-20)23-21-15-8-9-17-29(21)24(28-23)22-16-10-18-30(22)26(32)19-11-4-3-5-12-19/h3-5,8-9,11-12,15,17,20,22H,1-2,6-7,10,13-14,16,18H2,(H,27,31)/t22-/m1/s1. The summed E-state index contributed by atoms with van der Waals surface area (Å²) in [7, 11) is 0. The van der Waals surface area contributed by atoms with Crippen molar-refractivity contribution >= 4 is 17.3 Å². The third kappa shape index (κ3) is 4.01. The van der Waals surface area contributed by atoms with Crippen molar-refractivity contribution in [3.63, 3.8) is 0 Å². The highest BCUT2D eigenvalue weighted by Crippen LogP contribution is 2.34. The quantitative estimate of drug-likeness (QED) is 0.607. The highest BCUT2D eigenvalue weighted by atomic mass is 16.2. The van der Waals surface area contributed by atoms with Crippen LogP contribution < -0.4 is 5.32 Å². The van der Waals surface area contributed by atoms with Crippen LogP contribution in [0.2, 0.25) is 0 Å². The molecule has 3 heterocycles. The Balaban J connectivity index is 1.45. The van der Waals surface area contributed by atoms with Crippen molar-refractivity contribution < 1.29 is 9.59 Å². The summed E-state index contributed by atoms with van der Waals surface area (Å²) in [5, 5.41) is 3.24. The van der Waals surface area contributed by atoms with E-state index in [2.05, 4.69) is 5.32 Å². The zero-order chi connectivity index (χ0) is 21.9. The summed E-state index contributed by atoms with van der Waals surface area (Å²) in [5.41, 5.74) is 1.95. The Labute approximate surface area is 188 Å². The molecule has 1 saturated heterocycles. The summed E-state index contributed by atoms with van der Waals surface area (Å²) in [5.74, 6) is 0.685. The smallest absolute Gasteiger partial charge is 0.272 e. The Morgan fingerprint density at radius 2 is 1.62 bits per heavy atom. The van der Waals surface area contributed by atoms with Gasteiger partial charge in [0.25, 0.3) is 11.8 Å². The summed E-state index contributed by atoms with van der Waals surface area (Å²) >= 11 is 0. The Kier molecular flexibility index (Phi) is 5.93. The third-order valence-corrected chi connectivity index (χ3v) is 6.81. The van der Waals surface area contributed by atoms with Crippen LogP contribution in [-0.2, 0) is 0 Å². The monoisotopic (exact) mass is 430 g/mol. The van der Waals surface area contributed by atoms with Gasteiger partial charge in [0.2, 0.25) is 0 Å². The Morgan fingerprint density at radius 3 is 2.41 bits per heavy atom. The van der Waals surface area contributed by atoms with Crippen molar-refractivity contribution in [2.45, 2.75) is 63.5 Å². The van der Waals surface area contributed by atoms with Gasteiger partial charge in [-0.3, -0.25) is 9.59 Å². The molecule has 6 heteroatoms. The first kappa shape index (κ1) is 20.7. The lowest BCUT2D eigenvalue weighted by atomic mass is 10.1. The minimum Gasteiger partial charge on any atom is -0.348 e. The van der Waals surface area contributed by atoms with Crippen LogP contribution in [0.1, 0.15) is 84.1 Å². The van der Waals surface area contributed by atoms with Gasteiger partial charge in [0.1, 0.15) is 5.82 Å². The van der Waals surface area contributed by atoms with Gasteiger partial charge >= 0.3 is 0 Å². The second-order valence-corrected chi connectivity index (χ2v) is 8.96. The van der Waals surface area contributed by atoms with Crippen molar-refractivity contribution in [2.24, 2.45) is 0 Å². The Hall–Kier alpha value is -3.15. The molecule has 2 aromatic heterocycles. The fourth-order valence-corrected chi connectivity index (χ4v) is 5.17. The molecule has 3 aromatic rings. The maximum Gasteiger partial charge on any atom is 0.272 e. The van der Waals surface area contributed by atoms with E-state index in [1.165, 1.54) is 25.7 Å². The van der Waals surface area contributed by atoms with Crippen LogP contribution in [0.25, 0.3) is 5.52 Å². The molecule has 2 amide bonds. The minimum atomic E-state index is -0.142. The van der Waals surface area contributed by atoms with E-state index in [1.54, 1.807) is 0 Å². The topological polar surface area (TPSA) is 66.7 Å². The second-order valence-electron chi connectivity index (χ2n) is 8.96. The number of pyridine rings is 1. The molecule has 0 radical (unpaired) electrons. The van der Waals surface area contributed by atoms with E-state index in [0.717, 1.165) is 37.0 Å². The van der Waals surface area contributed by atoms with Gasteiger partial charge in [-0.05, 0) is 49.9 Å². The fourth-order valence-electron chi connectivity index (χ4n) is 5.17. The van der Waals surface area contributed by atoms with Crippen molar-refractivity contribution in [3.8, 4) is 0 Å². The van der Waals surface area contributed by atoms with Gasteiger partial charge in [0, 0.05) is 24.3 Å². The van der Waals surface area contributed by atoms with Gasteiger partial charge in [-0.25, -0.2) is 4.98 Å². The Bertz CT molecular complexity index is 1100. The first-order chi connectivity index (χ1) is 15.7. The van der Waals surface area contributed by atoms with Crippen LogP contribution in [-0.4, -0.2) is 38.7 Å². The first-order valence-corrected chi connectivity index (χ1v) is 11.9. The fraction of sp³-hybridized carbons (Fsp3) is 0.423. The molecular weight excluding hydrogens is 400 g/mol. The van der Waals surface area contributed by atoms with E-state index in [9.17, 15) is 9.59 Å². The zero-order valence-corrected chi connectivity index (χ0v) is 18.4. The van der Waals surface area contributed by atoms with Crippen molar-refractivity contribution in [1.29, 1.82) is 0 Å². The Morgan fingerprint density at radius 1 is 0.875 bits per heavy atom. The molecule has 0 spiro atoms. The summed E-state index contributed by atoms with van der Waals surface area (Å²) in [4.78, 5) is 33.2. The normalized spacial score (nSPS) is 19.8. The highest BCUT2D eigenvalue weighted by Gasteiger charge is 2.34. The second kappa shape index (κ2) is 9.15. The number of carbonyl (C=O) groups excluding carboxylic acids is 2. The number of amides is 2. The van der Waals surface area contributed by atoms with Crippen LogP contribution in [0.3, 0.4) is 0 Å². The lowest BCUT2D eigenvalue weighted by Gasteiger charge is -2.24. The average Bonchev–Trinajstić information content (AvgIpc) is 3.37. The van der Waals surface area contributed by atoms with E-state index in [1.807, 2.05) is 64.0 Å². The molecule has 0 unspecified atom stereocenters. The molecule has 1 aliphatic carbocycles. The van der Waals surface area contributed by atoms with Crippen LogP contribution in [0.15, 0.2) is 54.7 Å². The number of benzene rings is 1. The molecule has 5 rings (SSSR count). The molecule has 1 aliphatic heterocycles. The molecule has 1 aromatic carbocycles. The number of nitrogens with one attached hydrogen (secondary N) is 1. The summed E-state index contributed by atoms with van der Waals surface area (Å²) in [6, 6.07) is 15.3. The van der Waals surface area contributed by atoms with Crippen LogP contribution in [0.4, 0.5) is 0 Å². The van der Waals surface area contributed by atoms with Gasteiger partial charge in [0.15, 0.2) is 5.69 Å². The first-order valence-electron chi connectivity index (χ1n) is 11.9. The highest BCUT2D eigenvalue weighted by molar-refractivity contribution is 5.99. The number of nitrogens with zero attached hydrogens (tertiary/aromatic N) is 3. The number of imidazole rings is 1. The van der Waals surface area contributed by atoms with Gasteiger partial charge in [-0.15, -0.1) is 0 Å². The molecule has 1 atom stereocenters. The molecular formula is C26H30N4O2. The van der Waals surface area contributed by atoms with Crippen LogP contribution >= 0.6 is 0 Å². The number of likely N-dealkylation sites (tertiary alicyclic amines) is 1. The molecule has 32 heavy (non-hydrogen) atoms. The van der Waals surface area contributed by atoms with Crippen LogP contribution in [0.5, 0.6) is 0 Å². The molecule has 0 bridgehead atoms. The SMILES string of the molecule is O=C(NC1CCCCCC1)c1nc([C@H]2CCCN2C(=O)c2ccccc2)n2ccccc12. The van der Waals surface area contributed by atoms with Gasteiger partial charge in [0.05, 0.1) is 11.6 Å². The lowest BCUT2D eigenvalue weighted by Crippen LogP contribution is -2.35. The summed E-state index contributed by atoms with van der Waals surface area (Å²) < 4.78 is 1.99. The van der Waals surface area contributed by atoms with Gasteiger partial charge < -0.3 is 14.6 Å². The molecule has 1 saturated carbocycles. The largest absolute Gasteiger partial charge is 0.348 e. The molecule has 2 aliphatic rings. The number of hydrogen-bond donors (Lipinski definition) is 1. The maximum atomic E-state index is 13.2. The van der Waals surface area contributed by atoms with E-state index in [0.29, 0.717) is 17.8 Å². The molecule has 166 valence electrons. The van der Waals surface area contributed by atoms with Crippen LogP contribution in [0, 0.1) is 0 Å². The summed E-state index contributed by atoms with van der Waals surface area (Å²) in [6.07, 6.45) is 10.6. The maximum absolute atomic E-state index is 13.2. The molecule has 1 N–H and O–H groups in total. The number of aromatic nitrogens is 2. The third-order valence-electron chi connectivity index (χ3n) is 6.81. The number of hydrogen-bond acceptors (Lipinski definition) is 3. The van der Waals surface area contributed by atoms with E-state index in [-0.39, 0.29) is 23.9 Å². The average molecular weight is 431 g/mol. The molecule has 2 fully saturated rings. The van der Waals surface area contributed by atoms with E-state index >= 15 is 0 Å². The predicted molar refractivity (Wildman–Crippen MR) is 124 cm³/mol. The predicted octanol–water partition coefficient (Wildman–Crippen LogP) is 4.76. The van der Waals surface area contributed by atoms with E-state index in [4.69, 9.17) is 4.98 Å². The van der Waals surface area contributed by atoms with Crippen molar-refractivity contribution in [3.05, 3.63) is 71.8 Å². The van der Waals surface area contributed by atoms with Crippen molar-refractivity contribution in [1.82, 2.24) is 19.6 Å². The lowest BCUT2D eigenvalue weighted by molar-refractivity contribution is 0.0729. The van der Waals surface area contributed by atoms with Gasteiger partial charge in [-0.2, -0.15) is 0 Å². The summed E-state index contributed by atoms with van der Waals surface area (Å²) in [6.45, 7) is 0.698. The number of carbonyl (C=O) groups is 2. The minimum absolute atomic E-state index is 0.0187. The molecule has 6 nitrogen and oxygen atoms in total. The number of rotatable bonds is 4. The number of fused-ring (bicyclic) bond motifs is 1. The van der Waals surface area contributed by atoms with E-state index < -0.39 is 0 Å².